The second kappa shape index (κ2) is 8.36. The Balaban J connectivity index is 1.63. The van der Waals surface area contributed by atoms with Crippen molar-refractivity contribution >= 4 is 11.5 Å². The molecule has 0 saturated heterocycles. The van der Waals surface area contributed by atoms with Crippen molar-refractivity contribution in [2.45, 2.75) is 6.54 Å². The second-order valence-electron chi connectivity index (χ2n) is 7.00. The summed E-state index contributed by atoms with van der Waals surface area (Å²) in [5.74, 6) is 2.67. The fourth-order valence-corrected chi connectivity index (χ4v) is 3.26. The first-order chi connectivity index (χ1) is 14.1. The van der Waals surface area contributed by atoms with Crippen LogP contribution in [-0.4, -0.2) is 49.3 Å². The summed E-state index contributed by atoms with van der Waals surface area (Å²) in [4.78, 5) is 11.2. The quantitative estimate of drug-likeness (QED) is 0.685. The van der Waals surface area contributed by atoms with Gasteiger partial charge in [-0.2, -0.15) is 0 Å². The van der Waals surface area contributed by atoms with E-state index in [4.69, 9.17) is 14.2 Å². The van der Waals surface area contributed by atoms with Crippen LogP contribution in [0, 0.1) is 0 Å². The molecule has 0 spiro atoms. The van der Waals surface area contributed by atoms with E-state index in [1.165, 1.54) is 5.56 Å². The van der Waals surface area contributed by atoms with Crippen LogP contribution < -0.4 is 19.5 Å². The van der Waals surface area contributed by atoms with Crippen LogP contribution in [0.5, 0.6) is 17.4 Å². The molecule has 150 valence electrons. The summed E-state index contributed by atoms with van der Waals surface area (Å²) in [6, 6.07) is 13.7. The van der Waals surface area contributed by atoms with Gasteiger partial charge in [0.2, 0.25) is 5.88 Å². The zero-order chi connectivity index (χ0) is 20.2. The molecular formula is C22H24N4O3. The minimum atomic E-state index is 0.483. The molecule has 1 aliphatic rings. The van der Waals surface area contributed by atoms with Gasteiger partial charge in [-0.15, -0.1) is 0 Å². The average Bonchev–Trinajstić information content (AvgIpc) is 2.73. The highest BCUT2D eigenvalue weighted by Gasteiger charge is 2.19. The van der Waals surface area contributed by atoms with E-state index in [1.807, 2.05) is 56.6 Å². The largest absolute Gasteiger partial charge is 0.486 e. The monoisotopic (exact) mass is 392 g/mol. The van der Waals surface area contributed by atoms with Crippen LogP contribution in [-0.2, 0) is 6.54 Å². The third kappa shape index (κ3) is 4.25. The Kier molecular flexibility index (Phi) is 5.48. The lowest BCUT2D eigenvalue weighted by atomic mass is 10.1. The molecule has 0 unspecified atom stereocenters. The second-order valence-corrected chi connectivity index (χ2v) is 7.00. The molecule has 7 nitrogen and oxygen atoms in total. The number of nitrogens with one attached hydrogen (secondary N) is 1. The van der Waals surface area contributed by atoms with Crippen molar-refractivity contribution in [1.29, 1.82) is 0 Å². The highest BCUT2D eigenvalue weighted by atomic mass is 16.6. The van der Waals surface area contributed by atoms with E-state index >= 15 is 0 Å². The van der Waals surface area contributed by atoms with Gasteiger partial charge in [-0.1, -0.05) is 6.07 Å². The minimum absolute atomic E-state index is 0.483. The Morgan fingerprint density at radius 2 is 1.97 bits per heavy atom. The maximum atomic E-state index is 5.82. The van der Waals surface area contributed by atoms with E-state index in [2.05, 4.69) is 20.2 Å². The van der Waals surface area contributed by atoms with Gasteiger partial charge in [0, 0.05) is 18.3 Å². The smallest absolute Gasteiger partial charge is 0.238 e. The van der Waals surface area contributed by atoms with Gasteiger partial charge in [0.15, 0.2) is 11.5 Å². The molecule has 29 heavy (non-hydrogen) atoms. The number of fused-ring (bicyclic) bond motifs is 1. The van der Waals surface area contributed by atoms with Crippen molar-refractivity contribution in [3.05, 3.63) is 54.2 Å². The van der Waals surface area contributed by atoms with Crippen LogP contribution in [0.15, 0.2) is 48.7 Å². The van der Waals surface area contributed by atoms with E-state index < -0.39 is 0 Å². The average molecular weight is 392 g/mol. The van der Waals surface area contributed by atoms with Gasteiger partial charge in [0.25, 0.3) is 0 Å². The number of hydrogen-bond acceptors (Lipinski definition) is 7. The van der Waals surface area contributed by atoms with Gasteiger partial charge in [-0.05, 0) is 56.1 Å². The Bertz CT molecular complexity index is 1010. The number of hydrogen-bond donors (Lipinski definition) is 1. The molecule has 2 aromatic heterocycles. The minimum Gasteiger partial charge on any atom is -0.486 e. The topological polar surface area (TPSA) is 68.7 Å². The lowest BCUT2D eigenvalue weighted by Gasteiger charge is -2.21. The molecule has 3 aromatic rings. The highest BCUT2D eigenvalue weighted by molar-refractivity contribution is 5.74. The summed E-state index contributed by atoms with van der Waals surface area (Å²) >= 11 is 0. The fraction of sp³-hybridized carbons (Fsp3) is 0.273. The zero-order valence-electron chi connectivity index (χ0n) is 16.8. The number of aromatic nitrogens is 2. The number of methoxy groups -OCH3 is 1. The SMILES string of the molecule is COc1nc(-c2cccc3c2OCCO3)ccc1Nc1cc(CN(C)C)ccn1. The molecule has 1 N–H and O–H groups in total. The van der Waals surface area contributed by atoms with Crippen LogP contribution in [0.2, 0.25) is 0 Å². The van der Waals surface area contributed by atoms with Crippen molar-refractivity contribution < 1.29 is 14.2 Å². The van der Waals surface area contributed by atoms with Gasteiger partial charge in [0.1, 0.15) is 24.7 Å². The zero-order valence-corrected chi connectivity index (χ0v) is 16.8. The molecule has 0 aliphatic carbocycles. The molecule has 0 saturated carbocycles. The number of benzene rings is 1. The molecular weight excluding hydrogens is 368 g/mol. The molecule has 0 fully saturated rings. The first-order valence-electron chi connectivity index (χ1n) is 9.45. The van der Waals surface area contributed by atoms with E-state index in [0.29, 0.717) is 24.8 Å². The van der Waals surface area contributed by atoms with Crippen molar-refractivity contribution in [3.63, 3.8) is 0 Å². The van der Waals surface area contributed by atoms with Crippen LogP contribution in [0.4, 0.5) is 11.5 Å². The van der Waals surface area contributed by atoms with Gasteiger partial charge in [-0.3, -0.25) is 0 Å². The molecule has 0 amide bonds. The number of rotatable bonds is 6. The number of para-hydroxylation sites is 1. The van der Waals surface area contributed by atoms with Gasteiger partial charge in [-0.25, -0.2) is 9.97 Å². The van der Waals surface area contributed by atoms with Crippen molar-refractivity contribution in [3.8, 4) is 28.6 Å². The number of ether oxygens (including phenoxy) is 3. The maximum absolute atomic E-state index is 5.82. The number of pyridine rings is 2. The molecule has 0 radical (unpaired) electrons. The van der Waals surface area contributed by atoms with Crippen LogP contribution in [0.3, 0.4) is 0 Å². The first-order valence-corrected chi connectivity index (χ1v) is 9.45. The Morgan fingerprint density at radius 1 is 1.10 bits per heavy atom. The van der Waals surface area contributed by atoms with Crippen LogP contribution >= 0.6 is 0 Å². The fourth-order valence-electron chi connectivity index (χ4n) is 3.26. The van der Waals surface area contributed by atoms with Crippen LogP contribution in [0.25, 0.3) is 11.3 Å². The Hall–Kier alpha value is -3.32. The summed E-state index contributed by atoms with van der Waals surface area (Å²) < 4.78 is 17.0. The van der Waals surface area contributed by atoms with Gasteiger partial charge >= 0.3 is 0 Å². The standard InChI is InChI=1S/C22H24N4O3/c1-26(2)14-15-9-10-23-20(13-15)24-18-8-7-17(25-22(18)27-3)16-5-4-6-19-21(16)29-12-11-28-19/h4-10,13H,11-12,14H2,1-3H3,(H,23,24). The van der Waals surface area contributed by atoms with Crippen LogP contribution in [0.1, 0.15) is 5.56 Å². The van der Waals surface area contributed by atoms with Crippen molar-refractivity contribution in [2.24, 2.45) is 0 Å². The maximum Gasteiger partial charge on any atom is 0.238 e. The molecule has 3 heterocycles. The summed E-state index contributed by atoms with van der Waals surface area (Å²) in [7, 11) is 5.68. The third-order valence-corrected chi connectivity index (χ3v) is 4.48. The van der Waals surface area contributed by atoms with Crippen molar-refractivity contribution in [2.75, 3.05) is 39.7 Å². The predicted octanol–water partition coefficient (Wildman–Crippen LogP) is 3.73. The normalized spacial score (nSPS) is 12.7. The molecule has 0 bridgehead atoms. The number of nitrogens with zero attached hydrogens (tertiary/aromatic N) is 3. The Labute approximate surface area is 170 Å². The lowest BCUT2D eigenvalue weighted by molar-refractivity contribution is 0.172. The first kappa shape index (κ1) is 19.0. The molecule has 1 aromatic carbocycles. The molecule has 7 heteroatoms. The predicted molar refractivity (Wildman–Crippen MR) is 112 cm³/mol. The van der Waals surface area contributed by atoms with Gasteiger partial charge < -0.3 is 24.4 Å². The molecule has 0 atom stereocenters. The summed E-state index contributed by atoms with van der Waals surface area (Å²) in [6.07, 6.45) is 1.79. The number of anilines is 2. The van der Waals surface area contributed by atoms with E-state index in [-0.39, 0.29) is 0 Å². The van der Waals surface area contributed by atoms with E-state index in [9.17, 15) is 0 Å². The summed E-state index contributed by atoms with van der Waals surface area (Å²) in [5, 5.41) is 3.31. The molecule has 1 aliphatic heterocycles. The summed E-state index contributed by atoms with van der Waals surface area (Å²) in [6.45, 7) is 1.92. The third-order valence-electron chi connectivity index (χ3n) is 4.48. The Morgan fingerprint density at radius 3 is 2.79 bits per heavy atom. The van der Waals surface area contributed by atoms with Crippen molar-refractivity contribution in [1.82, 2.24) is 14.9 Å². The van der Waals surface area contributed by atoms with Gasteiger partial charge in [0.05, 0.1) is 12.8 Å². The highest BCUT2D eigenvalue weighted by Crippen LogP contribution is 2.40. The van der Waals surface area contributed by atoms with E-state index in [0.717, 1.165) is 35.1 Å². The lowest BCUT2D eigenvalue weighted by Crippen LogP contribution is -2.16. The molecule has 4 rings (SSSR count). The van der Waals surface area contributed by atoms with E-state index in [1.54, 1.807) is 13.3 Å². The summed E-state index contributed by atoms with van der Waals surface area (Å²) in [5.41, 5.74) is 3.54.